The summed E-state index contributed by atoms with van der Waals surface area (Å²) >= 11 is 5.32. The van der Waals surface area contributed by atoms with E-state index in [1.165, 1.54) is 16.7 Å². The number of benzene rings is 2. The minimum Gasteiger partial charge on any atom is -0.368 e. The molecule has 3 aromatic rings. The maximum Gasteiger partial charge on any atom is 0.257 e. The Morgan fingerprint density at radius 2 is 1.81 bits per heavy atom. The van der Waals surface area contributed by atoms with E-state index in [-0.39, 0.29) is 28.8 Å². The highest BCUT2D eigenvalue weighted by Crippen LogP contribution is 2.29. The van der Waals surface area contributed by atoms with Gasteiger partial charge in [-0.1, -0.05) is 12.1 Å². The number of hydrogen-bond acceptors (Lipinski definition) is 6. The van der Waals surface area contributed by atoms with Crippen LogP contribution in [0.15, 0.2) is 48.5 Å². The SMILES string of the molecule is O=C(CC[C@H]1Nc2c3ccccc3nc(=S)n2C1=O)N1CCN(c2ccc(F)cc2)CC1. The number of piperazine rings is 1. The van der Waals surface area contributed by atoms with E-state index in [0.29, 0.717) is 38.4 Å². The second kappa shape index (κ2) is 8.31. The fourth-order valence-corrected chi connectivity index (χ4v) is 4.64. The van der Waals surface area contributed by atoms with Crippen molar-refractivity contribution in [2.45, 2.75) is 18.9 Å². The largest absolute Gasteiger partial charge is 0.368 e. The van der Waals surface area contributed by atoms with Crippen LogP contribution in [-0.2, 0) is 4.79 Å². The van der Waals surface area contributed by atoms with Crippen molar-refractivity contribution >= 4 is 46.4 Å². The van der Waals surface area contributed by atoms with Crippen LogP contribution in [0, 0.1) is 10.6 Å². The first-order chi connectivity index (χ1) is 15.5. The number of nitrogens with zero attached hydrogens (tertiary/aromatic N) is 4. The first kappa shape index (κ1) is 20.6. The van der Waals surface area contributed by atoms with Gasteiger partial charge in [-0.15, -0.1) is 0 Å². The third kappa shape index (κ3) is 3.73. The lowest BCUT2D eigenvalue weighted by Crippen LogP contribution is -2.49. The number of aromatic nitrogens is 2. The van der Waals surface area contributed by atoms with Crippen LogP contribution >= 0.6 is 12.2 Å². The lowest BCUT2D eigenvalue weighted by atomic mass is 10.1. The van der Waals surface area contributed by atoms with E-state index in [1.54, 1.807) is 12.1 Å². The van der Waals surface area contributed by atoms with Crippen molar-refractivity contribution < 1.29 is 14.0 Å². The number of fused-ring (bicyclic) bond motifs is 3. The number of carbonyl (C=O) groups is 2. The Hall–Kier alpha value is -3.33. The van der Waals surface area contributed by atoms with Crippen molar-refractivity contribution in [3.8, 4) is 0 Å². The van der Waals surface area contributed by atoms with Gasteiger partial charge in [0.15, 0.2) is 0 Å². The van der Waals surface area contributed by atoms with Crippen molar-refractivity contribution in [1.82, 2.24) is 14.5 Å². The van der Waals surface area contributed by atoms with Crippen LogP contribution in [0.3, 0.4) is 0 Å². The van der Waals surface area contributed by atoms with E-state index >= 15 is 0 Å². The Kier molecular flexibility index (Phi) is 5.34. The molecule has 1 fully saturated rings. The molecule has 2 aromatic carbocycles. The maximum absolute atomic E-state index is 13.1. The molecular weight excluding hydrogens is 429 g/mol. The molecule has 32 heavy (non-hydrogen) atoms. The van der Waals surface area contributed by atoms with Gasteiger partial charge < -0.3 is 15.1 Å². The zero-order valence-corrected chi connectivity index (χ0v) is 18.1. The molecule has 1 saturated heterocycles. The van der Waals surface area contributed by atoms with Gasteiger partial charge in [-0.3, -0.25) is 9.59 Å². The van der Waals surface area contributed by atoms with Gasteiger partial charge in [-0.2, -0.15) is 0 Å². The van der Waals surface area contributed by atoms with Crippen molar-refractivity contribution in [1.29, 1.82) is 0 Å². The number of amides is 1. The van der Waals surface area contributed by atoms with Crippen LogP contribution < -0.4 is 10.2 Å². The van der Waals surface area contributed by atoms with E-state index in [2.05, 4.69) is 15.2 Å². The number of nitrogens with one attached hydrogen (secondary N) is 1. The van der Waals surface area contributed by atoms with Crippen LogP contribution in [0.25, 0.3) is 10.9 Å². The third-order valence-electron chi connectivity index (χ3n) is 6.09. The van der Waals surface area contributed by atoms with E-state index in [0.717, 1.165) is 16.6 Å². The zero-order chi connectivity index (χ0) is 22.2. The summed E-state index contributed by atoms with van der Waals surface area (Å²) in [6, 6.07) is 13.4. The number of halogens is 1. The van der Waals surface area contributed by atoms with Gasteiger partial charge in [0.1, 0.15) is 17.7 Å². The van der Waals surface area contributed by atoms with Gasteiger partial charge in [0.2, 0.25) is 10.7 Å². The van der Waals surface area contributed by atoms with Crippen LogP contribution in [0.1, 0.15) is 17.6 Å². The van der Waals surface area contributed by atoms with E-state index in [4.69, 9.17) is 12.2 Å². The molecule has 0 saturated carbocycles. The Bertz CT molecular complexity index is 1250. The number of para-hydroxylation sites is 1. The minimum atomic E-state index is -0.506. The summed E-state index contributed by atoms with van der Waals surface area (Å²) in [5, 5.41) is 4.09. The highest BCUT2D eigenvalue weighted by Gasteiger charge is 2.32. The van der Waals surface area contributed by atoms with Gasteiger partial charge in [-0.25, -0.2) is 13.9 Å². The molecule has 1 aromatic heterocycles. The summed E-state index contributed by atoms with van der Waals surface area (Å²) in [7, 11) is 0. The molecule has 1 N–H and O–H groups in total. The van der Waals surface area contributed by atoms with Crippen LogP contribution in [0.4, 0.5) is 15.9 Å². The first-order valence-corrected chi connectivity index (χ1v) is 11.0. The summed E-state index contributed by atoms with van der Waals surface area (Å²) < 4.78 is 14.8. The lowest BCUT2D eigenvalue weighted by Gasteiger charge is -2.36. The fraction of sp³-hybridized carbons (Fsp3) is 0.304. The molecule has 0 unspecified atom stereocenters. The fourth-order valence-electron chi connectivity index (χ4n) is 4.36. The predicted molar refractivity (Wildman–Crippen MR) is 123 cm³/mol. The molecule has 2 aliphatic heterocycles. The second-order valence-corrected chi connectivity index (χ2v) is 8.38. The summed E-state index contributed by atoms with van der Waals surface area (Å²) in [6.45, 7) is 2.58. The molecule has 0 aliphatic carbocycles. The quantitative estimate of drug-likeness (QED) is 0.613. The molecule has 0 spiro atoms. The highest BCUT2D eigenvalue weighted by atomic mass is 32.1. The topological polar surface area (TPSA) is 70.5 Å². The van der Waals surface area contributed by atoms with Gasteiger partial charge in [0.05, 0.1) is 5.52 Å². The minimum absolute atomic E-state index is 0.0286. The number of hydrogen-bond donors (Lipinski definition) is 1. The van der Waals surface area contributed by atoms with E-state index in [9.17, 15) is 14.0 Å². The summed E-state index contributed by atoms with van der Waals surface area (Å²) in [5.41, 5.74) is 1.69. The van der Waals surface area contributed by atoms with Crippen molar-refractivity contribution in [2.24, 2.45) is 0 Å². The Labute approximate surface area is 189 Å². The molecule has 164 valence electrons. The summed E-state index contributed by atoms with van der Waals surface area (Å²) in [5.74, 6) is 0.249. The van der Waals surface area contributed by atoms with Crippen LogP contribution in [0.2, 0.25) is 0 Å². The van der Waals surface area contributed by atoms with E-state index < -0.39 is 6.04 Å². The van der Waals surface area contributed by atoms with E-state index in [1.807, 2.05) is 29.2 Å². The monoisotopic (exact) mass is 451 g/mol. The van der Waals surface area contributed by atoms with Crippen molar-refractivity contribution in [2.75, 3.05) is 36.4 Å². The third-order valence-corrected chi connectivity index (χ3v) is 6.36. The molecule has 5 rings (SSSR count). The number of rotatable bonds is 4. The average molecular weight is 452 g/mol. The Morgan fingerprint density at radius 3 is 2.56 bits per heavy atom. The normalized spacial score (nSPS) is 18.0. The van der Waals surface area contributed by atoms with Crippen LogP contribution in [-0.4, -0.2) is 58.5 Å². The summed E-state index contributed by atoms with van der Waals surface area (Å²) in [6.07, 6.45) is 0.660. The molecule has 9 heteroatoms. The van der Waals surface area contributed by atoms with Gasteiger partial charge >= 0.3 is 0 Å². The second-order valence-electron chi connectivity index (χ2n) is 8.01. The molecule has 1 atom stereocenters. The number of anilines is 2. The smallest absolute Gasteiger partial charge is 0.257 e. The average Bonchev–Trinajstić information content (AvgIpc) is 3.15. The number of carbonyl (C=O) groups excluding carboxylic acids is 2. The standard InChI is InChI=1S/C23H22FN5O2S/c24-15-5-7-16(8-6-15)27-11-13-28(14-12-27)20(30)10-9-19-22(31)29-21(25-19)17-3-1-2-4-18(17)26-23(29)32/h1-8,19,25H,9-14H2/t19-/m1/s1. The lowest BCUT2D eigenvalue weighted by molar-refractivity contribution is -0.131. The molecule has 0 radical (unpaired) electrons. The Morgan fingerprint density at radius 1 is 1.09 bits per heavy atom. The van der Waals surface area contributed by atoms with Crippen LogP contribution in [0.5, 0.6) is 0 Å². The molecule has 0 bridgehead atoms. The Balaban J connectivity index is 1.20. The highest BCUT2D eigenvalue weighted by molar-refractivity contribution is 7.71. The molecule has 7 nitrogen and oxygen atoms in total. The maximum atomic E-state index is 13.1. The van der Waals surface area contributed by atoms with Crippen molar-refractivity contribution in [3.05, 3.63) is 59.1 Å². The predicted octanol–water partition coefficient (Wildman–Crippen LogP) is 3.47. The molecule has 3 heterocycles. The molecule has 2 aliphatic rings. The van der Waals surface area contributed by atoms with Gasteiger partial charge in [0, 0.05) is 43.7 Å². The zero-order valence-electron chi connectivity index (χ0n) is 17.3. The van der Waals surface area contributed by atoms with Crippen molar-refractivity contribution in [3.63, 3.8) is 0 Å². The summed E-state index contributed by atoms with van der Waals surface area (Å²) in [4.78, 5) is 34.0. The van der Waals surface area contributed by atoms with Gasteiger partial charge in [0.25, 0.3) is 5.91 Å². The molecular formula is C23H22FN5O2S. The molecule has 1 amide bonds. The van der Waals surface area contributed by atoms with Gasteiger partial charge in [-0.05, 0) is 55.0 Å². The first-order valence-electron chi connectivity index (χ1n) is 10.6.